The molecule has 0 aliphatic carbocycles. The minimum Gasteiger partial charge on any atom is -0.294 e. The maximum atomic E-state index is 11.8. The van der Waals surface area contributed by atoms with Gasteiger partial charge in [0.2, 0.25) is 0 Å². The van der Waals surface area contributed by atoms with Crippen molar-refractivity contribution in [2.45, 2.75) is 20.8 Å². The van der Waals surface area contributed by atoms with E-state index in [1.165, 1.54) is 11.1 Å². The Hall–Kier alpha value is -2.15. The Morgan fingerprint density at radius 1 is 0.850 bits per heavy atom. The summed E-state index contributed by atoms with van der Waals surface area (Å²) in [6, 6.07) is 18.5. The first-order chi connectivity index (χ1) is 9.47. The van der Waals surface area contributed by atoms with Gasteiger partial charge in [-0.25, -0.2) is 0 Å². The summed E-state index contributed by atoms with van der Waals surface area (Å²) in [7, 11) is 0. The third-order valence-corrected chi connectivity index (χ3v) is 3.18. The van der Waals surface area contributed by atoms with Gasteiger partial charge >= 0.3 is 0 Å². The van der Waals surface area contributed by atoms with Gasteiger partial charge in [-0.2, -0.15) is 0 Å². The van der Waals surface area contributed by atoms with Crippen molar-refractivity contribution in [1.82, 2.24) is 0 Å². The molecule has 0 radical (unpaired) electrons. The predicted octanol–water partition coefficient (Wildman–Crippen LogP) is 4.98. The zero-order chi connectivity index (χ0) is 14.6. The van der Waals surface area contributed by atoms with Crippen LogP contribution in [0.25, 0.3) is 17.2 Å². The number of benzene rings is 2. The molecule has 1 nitrogen and oxygen atoms in total. The second-order valence-corrected chi connectivity index (χ2v) is 5.94. The second kappa shape index (κ2) is 5.87. The van der Waals surface area contributed by atoms with Crippen molar-refractivity contribution in [2.24, 2.45) is 5.41 Å². The van der Waals surface area contributed by atoms with Crippen LogP contribution in [0.3, 0.4) is 0 Å². The van der Waals surface area contributed by atoms with Gasteiger partial charge < -0.3 is 0 Å². The summed E-state index contributed by atoms with van der Waals surface area (Å²) in [5.74, 6) is 0.143. The molecular formula is C19H20O. The third-order valence-electron chi connectivity index (χ3n) is 3.18. The molecule has 0 amide bonds. The summed E-state index contributed by atoms with van der Waals surface area (Å²) >= 11 is 0. The van der Waals surface area contributed by atoms with Crippen LogP contribution >= 0.6 is 0 Å². The zero-order valence-electron chi connectivity index (χ0n) is 12.3. The summed E-state index contributed by atoms with van der Waals surface area (Å²) < 4.78 is 0. The summed E-state index contributed by atoms with van der Waals surface area (Å²) in [6.07, 6.45) is 3.54. The van der Waals surface area contributed by atoms with Crippen LogP contribution in [-0.2, 0) is 4.79 Å². The molecule has 102 valence electrons. The summed E-state index contributed by atoms with van der Waals surface area (Å²) in [5, 5.41) is 0. The lowest BCUT2D eigenvalue weighted by Gasteiger charge is -2.12. The van der Waals surface area contributed by atoms with Gasteiger partial charge in [0.25, 0.3) is 0 Å². The molecule has 0 heterocycles. The van der Waals surface area contributed by atoms with Crippen molar-refractivity contribution >= 4 is 11.9 Å². The van der Waals surface area contributed by atoms with Crippen molar-refractivity contribution in [3.8, 4) is 11.1 Å². The lowest BCUT2D eigenvalue weighted by molar-refractivity contribution is -0.121. The third kappa shape index (κ3) is 3.67. The molecule has 0 saturated heterocycles. The molecule has 20 heavy (non-hydrogen) atoms. The first-order valence-electron chi connectivity index (χ1n) is 6.85. The van der Waals surface area contributed by atoms with Crippen LogP contribution in [0.5, 0.6) is 0 Å². The molecule has 2 aromatic carbocycles. The fourth-order valence-electron chi connectivity index (χ4n) is 1.84. The van der Waals surface area contributed by atoms with Crippen LogP contribution in [0.15, 0.2) is 60.7 Å². The van der Waals surface area contributed by atoms with Gasteiger partial charge in [0.05, 0.1) is 0 Å². The van der Waals surface area contributed by atoms with Gasteiger partial charge in [0, 0.05) is 5.41 Å². The SMILES string of the molecule is CC(C)(C)C(=O)/C=C\c1ccc(-c2ccccc2)cc1. The number of hydrogen-bond donors (Lipinski definition) is 0. The van der Waals surface area contributed by atoms with Crippen LogP contribution < -0.4 is 0 Å². The van der Waals surface area contributed by atoms with Crippen LogP contribution in [0, 0.1) is 5.41 Å². The summed E-state index contributed by atoms with van der Waals surface area (Å²) in [5.41, 5.74) is 3.11. The Morgan fingerprint density at radius 3 is 1.95 bits per heavy atom. The minimum atomic E-state index is -0.319. The molecule has 0 atom stereocenters. The Morgan fingerprint density at radius 2 is 1.40 bits per heavy atom. The van der Waals surface area contributed by atoms with E-state index in [1.807, 2.05) is 57.2 Å². The standard InChI is InChI=1S/C19H20O/c1-19(2,3)18(20)14-11-15-9-12-17(13-10-15)16-7-5-4-6-8-16/h4-14H,1-3H3/b14-11-. The van der Waals surface area contributed by atoms with E-state index in [0.29, 0.717) is 0 Å². The topological polar surface area (TPSA) is 17.1 Å². The van der Waals surface area contributed by atoms with E-state index < -0.39 is 0 Å². The second-order valence-electron chi connectivity index (χ2n) is 5.94. The Labute approximate surface area is 121 Å². The first-order valence-corrected chi connectivity index (χ1v) is 6.85. The molecular weight excluding hydrogens is 244 g/mol. The number of carbonyl (C=O) groups is 1. The van der Waals surface area contributed by atoms with Gasteiger partial charge in [0.1, 0.15) is 0 Å². The van der Waals surface area contributed by atoms with Gasteiger partial charge in [-0.15, -0.1) is 0 Å². The highest BCUT2D eigenvalue weighted by atomic mass is 16.1. The van der Waals surface area contributed by atoms with E-state index in [9.17, 15) is 4.79 Å². The Balaban J connectivity index is 2.14. The lowest BCUT2D eigenvalue weighted by atomic mass is 9.90. The molecule has 0 N–H and O–H groups in total. The fraction of sp³-hybridized carbons (Fsp3) is 0.211. The van der Waals surface area contributed by atoms with E-state index in [2.05, 4.69) is 24.3 Å². The molecule has 0 saturated carbocycles. The van der Waals surface area contributed by atoms with E-state index in [0.717, 1.165) is 5.56 Å². The van der Waals surface area contributed by atoms with E-state index in [-0.39, 0.29) is 11.2 Å². The van der Waals surface area contributed by atoms with Crippen LogP contribution in [-0.4, -0.2) is 5.78 Å². The molecule has 0 bridgehead atoms. The first kappa shape index (κ1) is 14.3. The number of ketones is 1. The zero-order valence-corrected chi connectivity index (χ0v) is 12.3. The Kier molecular flexibility index (Phi) is 4.19. The normalized spacial score (nSPS) is 11.8. The van der Waals surface area contributed by atoms with E-state index in [1.54, 1.807) is 6.08 Å². The highest BCUT2D eigenvalue weighted by Gasteiger charge is 2.17. The fourth-order valence-corrected chi connectivity index (χ4v) is 1.84. The van der Waals surface area contributed by atoms with Crippen molar-refractivity contribution in [3.63, 3.8) is 0 Å². The maximum absolute atomic E-state index is 11.8. The summed E-state index contributed by atoms with van der Waals surface area (Å²) in [6.45, 7) is 5.79. The largest absolute Gasteiger partial charge is 0.294 e. The molecule has 2 aromatic rings. The quantitative estimate of drug-likeness (QED) is 0.714. The predicted molar refractivity (Wildman–Crippen MR) is 85.4 cm³/mol. The number of allylic oxidation sites excluding steroid dienone is 1. The maximum Gasteiger partial charge on any atom is 0.161 e. The van der Waals surface area contributed by atoms with Crippen molar-refractivity contribution < 1.29 is 4.79 Å². The Bertz CT molecular complexity index is 598. The molecule has 0 aromatic heterocycles. The number of carbonyl (C=O) groups excluding carboxylic acids is 1. The summed E-state index contributed by atoms with van der Waals surface area (Å²) in [4.78, 5) is 11.8. The van der Waals surface area contributed by atoms with Crippen LogP contribution in [0.2, 0.25) is 0 Å². The van der Waals surface area contributed by atoms with Gasteiger partial charge in [0.15, 0.2) is 5.78 Å². The molecule has 0 aliphatic heterocycles. The van der Waals surface area contributed by atoms with Crippen molar-refractivity contribution in [3.05, 3.63) is 66.2 Å². The van der Waals surface area contributed by atoms with Gasteiger partial charge in [-0.05, 0) is 22.8 Å². The molecule has 2 rings (SSSR count). The van der Waals surface area contributed by atoms with Crippen molar-refractivity contribution in [1.29, 1.82) is 0 Å². The molecule has 0 aliphatic rings. The molecule has 1 heteroatoms. The average molecular weight is 264 g/mol. The van der Waals surface area contributed by atoms with Crippen LogP contribution in [0.1, 0.15) is 26.3 Å². The smallest absolute Gasteiger partial charge is 0.161 e. The molecule has 0 fully saturated rings. The van der Waals surface area contributed by atoms with E-state index in [4.69, 9.17) is 0 Å². The highest BCUT2D eigenvalue weighted by Crippen LogP contribution is 2.20. The van der Waals surface area contributed by atoms with Gasteiger partial charge in [-0.3, -0.25) is 4.79 Å². The lowest BCUT2D eigenvalue weighted by Crippen LogP contribution is -2.17. The molecule has 0 spiro atoms. The van der Waals surface area contributed by atoms with Crippen molar-refractivity contribution in [2.75, 3.05) is 0 Å². The van der Waals surface area contributed by atoms with Gasteiger partial charge in [-0.1, -0.05) is 81.4 Å². The minimum absolute atomic E-state index is 0.143. The molecule has 0 unspecified atom stereocenters. The van der Waals surface area contributed by atoms with E-state index >= 15 is 0 Å². The average Bonchev–Trinajstić information content (AvgIpc) is 2.45. The monoisotopic (exact) mass is 264 g/mol. The highest BCUT2D eigenvalue weighted by molar-refractivity contribution is 5.97. The number of hydrogen-bond acceptors (Lipinski definition) is 1. The van der Waals surface area contributed by atoms with Crippen LogP contribution in [0.4, 0.5) is 0 Å². The number of rotatable bonds is 3.